The van der Waals surface area contributed by atoms with Crippen LogP contribution in [0.25, 0.3) is 0 Å². The SMILES string of the molecule is O=C(NNC(=O)c1cccc(F)c1)c1cccnc1. The van der Waals surface area contributed by atoms with E-state index >= 15 is 0 Å². The molecule has 0 aliphatic heterocycles. The molecule has 1 heterocycles. The fourth-order valence-corrected chi connectivity index (χ4v) is 1.38. The Morgan fingerprint density at radius 2 is 1.68 bits per heavy atom. The molecule has 0 aliphatic rings. The Labute approximate surface area is 108 Å². The van der Waals surface area contributed by atoms with Crippen molar-refractivity contribution in [2.24, 2.45) is 0 Å². The molecule has 1 aromatic carbocycles. The molecule has 2 aromatic rings. The highest BCUT2D eigenvalue weighted by molar-refractivity contribution is 5.98. The van der Waals surface area contributed by atoms with Crippen LogP contribution in [0.2, 0.25) is 0 Å². The summed E-state index contributed by atoms with van der Waals surface area (Å²) in [7, 11) is 0. The molecule has 2 N–H and O–H groups in total. The van der Waals surface area contributed by atoms with E-state index in [9.17, 15) is 14.0 Å². The van der Waals surface area contributed by atoms with Crippen LogP contribution in [0.1, 0.15) is 20.7 Å². The molecular formula is C13H10FN3O2. The molecule has 2 amide bonds. The van der Waals surface area contributed by atoms with E-state index in [4.69, 9.17) is 0 Å². The molecule has 0 saturated carbocycles. The van der Waals surface area contributed by atoms with Crippen LogP contribution >= 0.6 is 0 Å². The van der Waals surface area contributed by atoms with Gasteiger partial charge in [-0.3, -0.25) is 25.4 Å². The van der Waals surface area contributed by atoms with Gasteiger partial charge in [-0.1, -0.05) is 6.07 Å². The lowest BCUT2D eigenvalue weighted by atomic mass is 10.2. The normalized spacial score (nSPS) is 9.74. The minimum absolute atomic E-state index is 0.117. The molecule has 0 fully saturated rings. The average Bonchev–Trinajstić information content (AvgIpc) is 2.45. The lowest BCUT2D eigenvalue weighted by molar-refractivity contribution is 0.0846. The van der Waals surface area contributed by atoms with Gasteiger partial charge in [-0.15, -0.1) is 0 Å². The third-order valence-corrected chi connectivity index (χ3v) is 2.30. The maximum absolute atomic E-state index is 12.9. The van der Waals surface area contributed by atoms with Crippen LogP contribution in [-0.2, 0) is 0 Å². The molecule has 19 heavy (non-hydrogen) atoms. The molecule has 6 heteroatoms. The summed E-state index contributed by atoms with van der Waals surface area (Å²) in [5.74, 6) is -1.62. The molecular weight excluding hydrogens is 249 g/mol. The van der Waals surface area contributed by atoms with E-state index in [0.29, 0.717) is 5.56 Å². The number of nitrogens with one attached hydrogen (secondary N) is 2. The second-order valence-corrected chi connectivity index (χ2v) is 3.66. The van der Waals surface area contributed by atoms with Gasteiger partial charge in [0.05, 0.1) is 5.56 Å². The number of nitrogens with zero attached hydrogens (tertiary/aromatic N) is 1. The molecule has 96 valence electrons. The van der Waals surface area contributed by atoms with Crippen LogP contribution in [0.4, 0.5) is 4.39 Å². The average molecular weight is 259 g/mol. The number of hydrogen-bond donors (Lipinski definition) is 2. The molecule has 5 nitrogen and oxygen atoms in total. The highest BCUT2D eigenvalue weighted by atomic mass is 19.1. The minimum Gasteiger partial charge on any atom is -0.267 e. The van der Waals surface area contributed by atoms with E-state index in [-0.39, 0.29) is 5.56 Å². The number of benzene rings is 1. The van der Waals surface area contributed by atoms with E-state index in [1.165, 1.54) is 30.6 Å². The molecule has 0 aliphatic carbocycles. The van der Waals surface area contributed by atoms with Gasteiger partial charge in [-0.05, 0) is 30.3 Å². The summed E-state index contributed by atoms with van der Waals surface area (Å²) in [4.78, 5) is 27.0. The van der Waals surface area contributed by atoms with Crippen molar-refractivity contribution in [1.29, 1.82) is 0 Å². The van der Waals surface area contributed by atoms with Gasteiger partial charge in [0.1, 0.15) is 5.82 Å². The first-order valence-corrected chi connectivity index (χ1v) is 5.43. The Bertz CT molecular complexity index is 602. The van der Waals surface area contributed by atoms with Crippen molar-refractivity contribution in [3.8, 4) is 0 Å². The van der Waals surface area contributed by atoms with E-state index in [1.54, 1.807) is 12.1 Å². The molecule has 0 radical (unpaired) electrons. The van der Waals surface area contributed by atoms with Gasteiger partial charge in [-0.25, -0.2) is 4.39 Å². The lowest BCUT2D eigenvalue weighted by Gasteiger charge is -2.07. The largest absolute Gasteiger partial charge is 0.271 e. The topological polar surface area (TPSA) is 71.1 Å². The first-order chi connectivity index (χ1) is 9.16. The van der Waals surface area contributed by atoms with Crippen molar-refractivity contribution in [2.75, 3.05) is 0 Å². The fourth-order valence-electron chi connectivity index (χ4n) is 1.38. The number of carbonyl (C=O) groups is 2. The van der Waals surface area contributed by atoms with Crippen LogP contribution < -0.4 is 10.9 Å². The van der Waals surface area contributed by atoms with E-state index in [1.807, 2.05) is 0 Å². The quantitative estimate of drug-likeness (QED) is 0.798. The predicted octanol–water partition coefficient (Wildman–Crippen LogP) is 1.30. The van der Waals surface area contributed by atoms with Crippen LogP contribution in [0.3, 0.4) is 0 Å². The van der Waals surface area contributed by atoms with Gasteiger partial charge >= 0.3 is 0 Å². The second kappa shape index (κ2) is 5.72. The van der Waals surface area contributed by atoms with Crippen LogP contribution in [0.5, 0.6) is 0 Å². The van der Waals surface area contributed by atoms with Gasteiger partial charge in [0.25, 0.3) is 11.8 Å². The number of pyridine rings is 1. The van der Waals surface area contributed by atoms with Gasteiger partial charge in [0, 0.05) is 18.0 Å². The van der Waals surface area contributed by atoms with Gasteiger partial charge in [0.2, 0.25) is 0 Å². The number of hydrogen-bond acceptors (Lipinski definition) is 3. The van der Waals surface area contributed by atoms with E-state index < -0.39 is 17.6 Å². The Hall–Kier alpha value is -2.76. The van der Waals surface area contributed by atoms with Gasteiger partial charge in [-0.2, -0.15) is 0 Å². The zero-order valence-corrected chi connectivity index (χ0v) is 9.76. The molecule has 0 spiro atoms. The van der Waals surface area contributed by atoms with Crippen LogP contribution in [0.15, 0.2) is 48.8 Å². The first kappa shape index (κ1) is 12.7. The third-order valence-electron chi connectivity index (χ3n) is 2.30. The summed E-state index contributed by atoms with van der Waals surface area (Å²) in [6.45, 7) is 0. The maximum atomic E-state index is 12.9. The van der Waals surface area contributed by atoms with Crippen molar-refractivity contribution in [2.45, 2.75) is 0 Å². The molecule has 0 unspecified atom stereocenters. The Balaban J connectivity index is 1.96. The smallest absolute Gasteiger partial charge is 0.267 e. The summed E-state index contributed by atoms with van der Waals surface area (Å²) >= 11 is 0. The summed E-state index contributed by atoms with van der Waals surface area (Å²) < 4.78 is 12.9. The summed E-state index contributed by atoms with van der Waals surface area (Å²) in [5, 5.41) is 0. The zero-order valence-electron chi connectivity index (χ0n) is 9.76. The Morgan fingerprint density at radius 3 is 2.32 bits per heavy atom. The van der Waals surface area contributed by atoms with E-state index in [0.717, 1.165) is 6.07 Å². The highest BCUT2D eigenvalue weighted by Gasteiger charge is 2.09. The van der Waals surface area contributed by atoms with Crippen molar-refractivity contribution >= 4 is 11.8 Å². The third kappa shape index (κ3) is 3.35. The standard InChI is InChI=1S/C13H10FN3O2/c14-11-5-1-3-9(7-11)12(18)16-17-13(19)10-4-2-6-15-8-10/h1-8H,(H,16,18)(H,17,19). The number of amides is 2. The van der Waals surface area contributed by atoms with Crippen molar-refractivity contribution in [3.05, 3.63) is 65.7 Å². The predicted molar refractivity (Wildman–Crippen MR) is 65.6 cm³/mol. The Morgan fingerprint density at radius 1 is 1.00 bits per heavy atom. The zero-order chi connectivity index (χ0) is 13.7. The molecule has 0 atom stereocenters. The number of halogens is 1. The number of carbonyl (C=O) groups excluding carboxylic acids is 2. The number of rotatable bonds is 2. The maximum Gasteiger partial charge on any atom is 0.271 e. The van der Waals surface area contributed by atoms with Gasteiger partial charge < -0.3 is 0 Å². The summed E-state index contributed by atoms with van der Waals surface area (Å²) in [6.07, 6.45) is 2.89. The fraction of sp³-hybridized carbons (Fsp3) is 0. The highest BCUT2D eigenvalue weighted by Crippen LogP contribution is 2.02. The van der Waals surface area contributed by atoms with Gasteiger partial charge in [0.15, 0.2) is 0 Å². The summed E-state index contributed by atoms with van der Waals surface area (Å²) in [5.41, 5.74) is 4.83. The lowest BCUT2D eigenvalue weighted by Crippen LogP contribution is -2.41. The van der Waals surface area contributed by atoms with Crippen molar-refractivity contribution in [1.82, 2.24) is 15.8 Å². The van der Waals surface area contributed by atoms with Crippen molar-refractivity contribution in [3.63, 3.8) is 0 Å². The van der Waals surface area contributed by atoms with Crippen molar-refractivity contribution < 1.29 is 14.0 Å². The Kier molecular flexibility index (Phi) is 3.82. The van der Waals surface area contributed by atoms with Crippen LogP contribution in [0, 0.1) is 5.82 Å². The van der Waals surface area contributed by atoms with Crippen LogP contribution in [-0.4, -0.2) is 16.8 Å². The number of aromatic nitrogens is 1. The molecule has 0 saturated heterocycles. The van der Waals surface area contributed by atoms with E-state index in [2.05, 4.69) is 15.8 Å². The monoisotopic (exact) mass is 259 g/mol. The first-order valence-electron chi connectivity index (χ1n) is 5.43. The molecule has 2 rings (SSSR count). The summed E-state index contributed by atoms with van der Waals surface area (Å²) in [6, 6.07) is 8.30. The minimum atomic E-state index is -0.600. The second-order valence-electron chi connectivity index (χ2n) is 3.66. The molecule has 1 aromatic heterocycles. The number of hydrazine groups is 1. The molecule has 0 bridgehead atoms.